The first kappa shape index (κ1) is 16.5. The van der Waals surface area contributed by atoms with Gasteiger partial charge in [0.25, 0.3) is 0 Å². The second kappa shape index (κ2) is 9.24. The van der Waals surface area contributed by atoms with Crippen LogP contribution in [0.4, 0.5) is 0 Å². The van der Waals surface area contributed by atoms with Gasteiger partial charge in [-0.15, -0.1) is 0 Å². The zero-order chi connectivity index (χ0) is 15.6. The fourth-order valence-corrected chi connectivity index (χ4v) is 2.51. The summed E-state index contributed by atoms with van der Waals surface area (Å²) in [5.41, 5.74) is 0.639. The average molecular weight is 334 g/mol. The highest BCUT2D eigenvalue weighted by Gasteiger charge is 1.97. The monoisotopic (exact) mass is 333 g/mol. The molecule has 5 heteroatoms. The third kappa shape index (κ3) is 5.88. The molecule has 114 valence electrons. The molecule has 0 aliphatic heterocycles. The number of hydrogen-bond donors (Lipinski definition) is 0. The molecule has 0 radical (unpaired) electrons. The Bertz CT molecular complexity index is 625. The third-order valence-electron chi connectivity index (χ3n) is 2.77. The van der Waals surface area contributed by atoms with Crippen molar-refractivity contribution in [2.45, 2.75) is 0 Å². The summed E-state index contributed by atoms with van der Waals surface area (Å²) in [6.45, 7) is 1.27. The zero-order valence-electron chi connectivity index (χ0n) is 12.0. The van der Waals surface area contributed by atoms with Crippen LogP contribution in [0.5, 0.6) is 11.5 Å². The van der Waals surface area contributed by atoms with Gasteiger partial charge in [0.1, 0.15) is 11.5 Å². The van der Waals surface area contributed by atoms with Crippen molar-refractivity contribution in [2.75, 3.05) is 24.7 Å². The molecule has 0 amide bonds. The van der Waals surface area contributed by atoms with Gasteiger partial charge in [0, 0.05) is 16.5 Å². The number of ether oxygens (including phenoxy) is 2. The van der Waals surface area contributed by atoms with Crippen LogP contribution in [0.25, 0.3) is 0 Å². The maximum Gasteiger partial charge on any atom is 0.120 e. The lowest BCUT2D eigenvalue weighted by atomic mass is 10.2. The molecule has 22 heavy (non-hydrogen) atoms. The van der Waals surface area contributed by atoms with E-state index in [2.05, 4.69) is 6.07 Å². The van der Waals surface area contributed by atoms with Crippen molar-refractivity contribution in [1.29, 1.82) is 5.26 Å². The van der Waals surface area contributed by atoms with Crippen molar-refractivity contribution in [3.63, 3.8) is 0 Å². The molecule has 0 bridgehead atoms. The Morgan fingerprint density at radius 3 is 2.27 bits per heavy atom. The highest BCUT2D eigenvalue weighted by Crippen LogP contribution is 2.17. The van der Waals surface area contributed by atoms with Gasteiger partial charge in [-0.05, 0) is 42.5 Å². The Hall–Kier alpha value is -1.83. The highest BCUT2D eigenvalue weighted by atomic mass is 35.5. The van der Waals surface area contributed by atoms with Gasteiger partial charge in [-0.25, -0.2) is 0 Å². The first-order valence-corrected chi connectivity index (χ1v) is 8.40. The topological polar surface area (TPSA) is 42.2 Å². The minimum absolute atomic E-state index is 0.633. The number of hydrogen-bond acceptors (Lipinski definition) is 4. The Kier molecular flexibility index (Phi) is 6.95. The van der Waals surface area contributed by atoms with Crippen LogP contribution in [-0.4, -0.2) is 24.7 Å². The van der Waals surface area contributed by atoms with Crippen LogP contribution < -0.4 is 9.47 Å². The molecule has 0 unspecified atom stereocenters. The molecule has 0 spiro atoms. The maximum absolute atomic E-state index is 8.71. The summed E-state index contributed by atoms with van der Waals surface area (Å²) in [5, 5.41) is 9.39. The van der Waals surface area contributed by atoms with E-state index in [9.17, 15) is 0 Å². The second-order valence-electron chi connectivity index (χ2n) is 4.40. The molecular weight excluding hydrogens is 318 g/mol. The van der Waals surface area contributed by atoms with Gasteiger partial charge in [-0.1, -0.05) is 17.7 Å². The molecule has 0 atom stereocenters. The lowest BCUT2D eigenvalue weighted by Gasteiger charge is -2.07. The summed E-state index contributed by atoms with van der Waals surface area (Å²) in [5.74, 6) is 3.36. The van der Waals surface area contributed by atoms with Gasteiger partial charge in [0.2, 0.25) is 0 Å². The van der Waals surface area contributed by atoms with E-state index in [1.54, 1.807) is 30.0 Å². The molecular formula is C17H16ClNO2S. The van der Waals surface area contributed by atoms with Crippen LogP contribution in [0.2, 0.25) is 5.02 Å². The highest BCUT2D eigenvalue weighted by molar-refractivity contribution is 7.99. The zero-order valence-corrected chi connectivity index (χ0v) is 13.6. The Morgan fingerprint density at radius 2 is 1.64 bits per heavy atom. The van der Waals surface area contributed by atoms with Crippen LogP contribution in [0.1, 0.15) is 5.56 Å². The SMILES string of the molecule is N#Cc1ccc(OCCSCCOc2cccc(Cl)c2)cc1. The predicted octanol–water partition coefficient (Wildman–Crippen LogP) is 4.40. The van der Waals surface area contributed by atoms with Crippen molar-refractivity contribution in [1.82, 2.24) is 0 Å². The van der Waals surface area contributed by atoms with Crippen LogP contribution in [-0.2, 0) is 0 Å². The number of thioether (sulfide) groups is 1. The fraction of sp³-hybridized carbons (Fsp3) is 0.235. The fourth-order valence-electron chi connectivity index (χ4n) is 1.72. The number of benzene rings is 2. The van der Waals surface area contributed by atoms with Crippen molar-refractivity contribution in [3.8, 4) is 17.6 Å². The Balaban J connectivity index is 1.55. The van der Waals surface area contributed by atoms with Crippen molar-refractivity contribution < 1.29 is 9.47 Å². The molecule has 2 aromatic rings. The predicted molar refractivity (Wildman–Crippen MR) is 90.9 cm³/mol. The first-order valence-electron chi connectivity index (χ1n) is 6.87. The molecule has 2 rings (SSSR count). The summed E-state index contributed by atoms with van der Waals surface area (Å²) in [7, 11) is 0. The molecule has 0 saturated carbocycles. The molecule has 0 fully saturated rings. The van der Waals surface area contributed by atoms with E-state index in [4.69, 9.17) is 26.3 Å². The molecule has 0 aliphatic rings. The van der Waals surface area contributed by atoms with Crippen molar-refractivity contribution >= 4 is 23.4 Å². The number of nitrogens with zero attached hydrogens (tertiary/aromatic N) is 1. The number of halogens is 1. The largest absolute Gasteiger partial charge is 0.493 e. The van der Waals surface area contributed by atoms with E-state index in [0.29, 0.717) is 23.8 Å². The van der Waals surface area contributed by atoms with Crippen molar-refractivity contribution in [2.24, 2.45) is 0 Å². The lowest BCUT2D eigenvalue weighted by molar-refractivity contribution is 0.339. The first-order chi connectivity index (χ1) is 10.8. The van der Waals surface area contributed by atoms with Crippen molar-refractivity contribution in [3.05, 3.63) is 59.1 Å². The molecule has 0 aromatic heterocycles. The van der Waals surface area contributed by atoms with Gasteiger partial charge in [-0.2, -0.15) is 17.0 Å². The van der Waals surface area contributed by atoms with Gasteiger partial charge in [-0.3, -0.25) is 0 Å². The molecule has 0 N–H and O–H groups in total. The summed E-state index contributed by atoms with van der Waals surface area (Å²) in [4.78, 5) is 0. The van der Waals surface area contributed by atoms with E-state index in [-0.39, 0.29) is 0 Å². The smallest absolute Gasteiger partial charge is 0.120 e. The van der Waals surface area contributed by atoms with Gasteiger partial charge in [0.05, 0.1) is 24.8 Å². The van der Waals surface area contributed by atoms with E-state index >= 15 is 0 Å². The molecule has 0 aliphatic carbocycles. The second-order valence-corrected chi connectivity index (χ2v) is 6.06. The molecule has 0 heterocycles. The average Bonchev–Trinajstić information content (AvgIpc) is 2.54. The van der Waals surface area contributed by atoms with E-state index in [1.165, 1.54) is 0 Å². The van der Waals surface area contributed by atoms with Gasteiger partial charge < -0.3 is 9.47 Å². The summed E-state index contributed by atoms with van der Waals surface area (Å²) < 4.78 is 11.2. The minimum Gasteiger partial charge on any atom is -0.493 e. The van der Waals surface area contributed by atoms with Crippen LogP contribution in [0.3, 0.4) is 0 Å². The number of nitriles is 1. The van der Waals surface area contributed by atoms with E-state index < -0.39 is 0 Å². The quantitative estimate of drug-likeness (QED) is 0.671. The van der Waals surface area contributed by atoms with E-state index in [0.717, 1.165) is 23.0 Å². The van der Waals surface area contributed by atoms with Gasteiger partial charge in [0.15, 0.2) is 0 Å². The Labute approximate surface area is 139 Å². The molecule has 2 aromatic carbocycles. The Morgan fingerprint density at radius 1 is 0.955 bits per heavy atom. The molecule has 0 saturated heterocycles. The summed E-state index contributed by atoms with van der Waals surface area (Å²) in [6, 6.07) is 16.6. The van der Waals surface area contributed by atoms with E-state index in [1.807, 2.05) is 30.3 Å². The van der Waals surface area contributed by atoms with Crippen LogP contribution >= 0.6 is 23.4 Å². The normalized spacial score (nSPS) is 10.0. The maximum atomic E-state index is 8.71. The third-order valence-corrected chi connectivity index (χ3v) is 3.92. The summed E-state index contributed by atoms with van der Waals surface area (Å²) in [6.07, 6.45) is 0. The van der Waals surface area contributed by atoms with Crippen LogP contribution in [0, 0.1) is 11.3 Å². The minimum atomic E-state index is 0.633. The van der Waals surface area contributed by atoms with Gasteiger partial charge >= 0.3 is 0 Å². The summed E-state index contributed by atoms with van der Waals surface area (Å²) >= 11 is 7.65. The van der Waals surface area contributed by atoms with Crippen LogP contribution in [0.15, 0.2) is 48.5 Å². The standard InChI is InChI=1S/C17H16ClNO2S/c18-15-2-1-3-17(12-15)21-9-11-22-10-8-20-16-6-4-14(13-19)5-7-16/h1-7,12H,8-11H2. The molecule has 3 nitrogen and oxygen atoms in total. The lowest BCUT2D eigenvalue weighted by Crippen LogP contribution is -2.04. The number of rotatable bonds is 8.